The summed E-state index contributed by atoms with van der Waals surface area (Å²) in [4.78, 5) is 14.7. The van der Waals surface area contributed by atoms with Crippen LogP contribution in [0.3, 0.4) is 0 Å². The van der Waals surface area contributed by atoms with E-state index in [4.69, 9.17) is 4.74 Å². The zero-order chi connectivity index (χ0) is 12.3. The van der Waals surface area contributed by atoms with Crippen molar-refractivity contribution >= 4 is 5.97 Å². The molecule has 98 valence electrons. The summed E-state index contributed by atoms with van der Waals surface area (Å²) in [5.41, 5.74) is -0.428. The van der Waals surface area contributed by atoms with Gasteiger partial charge in [-0.3, -0.25) is 0 Å². The summed E-state index contributed by atoms with van der Waals surface area (Å²) in [6.07, 6.45) is 3.29. The Morgan fingerprint density at radius 3 is 2.59 bits per heavy atom. The van der Waals surface area contributed by atoms with Gasteiger partial charge in [-0.1, -0.05) is 6.92 Å². The first-order valence-corrected chi connectivity index (χ1v) is 6.87. The number of nitrogens with one attached hydrogen (secondary N) is 1. The van der Waals surface area contributed by atoms with Crippen molar-refractivity contribution in [1.82, 2.24) is 10.2 Å². The van der Waals surface area contributed by atoms with Crippen LogP contribution in [0, 0.1) is 5.92 Å². The molecule has 17 heavy (non-hydrogen) atoms. The molecule has 3 rings (SSSR count). The number of nitrogens with zero attached hydrogens (tertiary/aromatic N) is 1. The minimum Gasteiger partial charge on any atom is -0.465 e. The van der Waals surface area contributed by atoms with Gasteiger partial charge in [0.1, 0.15) is 5.54 Å². The third-order valence-corrected chi connectivity index (χ3v) is 4.09. The lowest BCUT2D eigenvalue weighted by atomic mass is 9.72. The fourth-order valence-corrected chi connectivity index (χ4v) is 3.18. The first-order chi connectivity index (χ1) is 8.23. The van der Waals surface area contributed by atoms with Gasteiger partial charge in [-0.25, -0.2) is 4.79 Å². The summed E-state index contributed by atoms with van der Waals surface area (Å²) in [5.74, 6) is 0.418. The highest BCUT2D eigenvalue weighted by atomic mass is 16.5. The van der Waals surface area contributed by atoms with Gasteiger partial charge in [-0.15, -0.1) is 0 Å². The van der Waals surface area contributed by atoms with Crippen LogP contribution in [0.2, 0.25) is 0 Å². The number of esters is 1. The summed E-state index contributed by atoms with van der Waals surface area (Å²) < 4.78 is 5.31. The molecule has 1 atom stereocenters. The molecule has 0 radical (unpaired) electrons. The highest BCUT2D eigenvalue weighted by Gasteiger charge is 2.52. The molecule has 1 N–H and O–H groups in total. The maximum Gasteiger partial charge on any atom is 0.327 e. The molecule has 3 fully saturated rings. The second-order valence-electron chi connectivity index (χ2n) is 5.17. The molecular formula is C13H24N2O2. The zero-order valence-electron chi connectivity index (χ0n) is 11.0. The van der Waals surface area contributed by atoms with Crippen molar-refractivity contribution in [2.24, 2.45) is 5.92 Å². The van der Waals surface area contributed by atoms with Crippen LogP contribution in [0.15, 0.2) is 0 Å². The van der Waals surface area contributed by atoms with Crippen molar-refractivity contribution in [3.63, 3.8) is 0 Å². The van der Waals surface area contributed by atoms with Crippen LogP contribution in [0.4, 0.5) is 0 Å². The van der Waals surface area contributed by atoms with Crippen molar-refractivity contribution in [2.75, 3.05) is 32.8 Å². The molecule has 3 aliphatic rings. The molecular weight excluding hydrogens is 216 g/mol. The highest BCUT2D eigenvalue weighted by molar-refractivity contribution is 5.82. The monoisotopic (exact) mass is 240 g/mol. The predicted molar refractivity (Wildman–Crippen MR) is 66.8 cm³/mol. The minimum atomic E-state index is -0.428. The molecule has 3 saturated heterocycles. The molecule has 3 aliphatic heterocycles. The fourth-order valence-electron chi connectivity index (χ4n) is 3.18. The largest absolute Gasteiger partial charge is 0.465 e. The second-order valence-corrected chi connectivity index (χ2v) is 5.17. The van der Waals surface area contributed by atoms with Gasteiger partial charge in [0.2, 0.25) is 0 Å². The minimum absolute atomic E-state index is 0.0390. The lowest BCUT2D eigenvalue weighted by Gasteiger charge is -2.51. The third kappa shape index (κ3) is 2.33. The number of rotatable bonds is 5. The fraction of sp³-hybridized carbons (Fsp3) is 0.923. The number of carbonyl (C=O) groups is 1. The van der Waals surface area contributed by atoms with E-state index in [1.165, 1.54) is 0 Å². The Bertz CT molecular complexity index is 275. The van der Waals surface area contributed by atoms with Gasteiger partial charge >= 0.3 is 5.97 Å². The van der Waals surface area contributed by atoms with Crippen LogP contribution < -0.4 is 5.32 Å². The standard InChI is InChI=1S/C13H24N2O2/c1-3-7-14-13(12(16)17-4-2)10-15-8-5-11(13)6-9-15/h11,14H,3-10H2,1-2H3. The average molecular weight is 240 g/mol. The second kappa shape index (κ2) is 5.36. The molecule has 0 aromatic carbocycles. The molecule has 0 amide bonds. The first-order valence-electron chi connectivity index (χ1n) is 6.87. The summed E-state index contributed by atoms with van der Waals surface area (Å²) in [7, 11) is 0. The van der Waals surface area contributed by atoms with Crippen molar-refractivity contribution in [1.29, 1.82) is 0 Å². The zero-order valence-corrected chi connectivity index (χ0v) is 11.0. The normalized spacial score (nSPS) is 35.9. The number of carbonyl (C=O) groups excluding carboxylic acids is 1. The number of ether oxygens (including phenoxy) is 1. The van der Waals surface area contributed by atoms with Gasteiger partial charge < -0.3 is 15.0 Å². The van der Waals surface area contributed by atoms with E-state index >= 15 is 0 Å². The number of hydrogen-bond acceptors (Lipinski definition) is 4. The summed E-state index contributed by atoms with van der Waals surface area (Å²) in [5, 5.41) is 3.48. The lowest BCUT2D eigenvalue weighted by Crippen LogP contribution is -2.70. The number of hydrogen-bond donors (Lipinski definition) is 1. The van der Waals surface area contributed by atoms with Crippen molar-refractivity contribution in [3.05, 3.63) is 0 Å². The van der Waals surface area contributed by atoms with Crippen LogP contribution in [0.1, 0.15) is 33.1 Å². The van der Waals surface area contributed by atoms with E-state index in [1.54, 1.807) is 0 Å². The van der Waals surface area contributed by atoms with Crippen molar-refractivity contribution in [3.8, 4) is 0 Å². The Hall–Kier alpha value is -0.610. The molecule has 4 nitrogen and oxygen atoms in total. The van der Waals surface area contributed by atoms with Crippen LogP contribution in [0.25, 0.3) is 0 Å². The van der Waals surface area contributed by atoms with Gasteiger partial charge in [0, 0.05) is 6.54 Å². The van der Waals surface area contributed by atoms with Gasteiger partial charge in [0.05, 0.1) is 6.61 Å². The maximum atomic E-state index is 12.3. The van der Waals surface area contributed by atoms with E-state index in [9.17, 15) is 4.79 Å². The van der Waals surface area contributed by atoms with E-state index in [1.807, 2.05) is 6.92 Å². The smallest absolute Gasteiger partial charge is 0.327 e. The Morgan fingerprint density at radius 2 is 2.12 bits per heavy atom. The number of piperidine rings is 3. The lowest BCUT2D eigenvalue weighted by molar-refractivity contribution is -0.160. The van der Waals surface area contributed by atoms with E-state index in [0.717, 1.165) is 45.4 Å². The van der Waals surface area contributed by atoms with E-state index in [-0.39, 0.29) is 5.97 Å². The van der Waals surface area contributed by atoms with Crippen LogP contribution in [0.5, 0.6) is 0 Å². The Balaban J connectivity index is 2.14. The van der Waals surface area contributed by atoms with Crippen LogP contribution in [-0.4, -0.2) is 49.2 Å². The van der Waals surface area contributed by atoms with E-state index in [0.29, 0.717) is 12.5 Å². The van der Waals surface area contributed by atoms with E-state index < -0.39 is 5.54 Å². The highest BCUT2D eigenvalue weighted by Crippen LogP contribution is 2.36. The molecule has 0 aliphatic carbocycles. The molecule has 2 bridgehead atoms. The predicted octanol–water partition coefficient (Wildman–Crippen LogP) is 1.01. The Kier molecular flexibility index (Phi) is 4.05. The summed E-state index contributed by atoms with van der Waals surface area (Å²) >= 11 is 0. The SMILES string of the molecule is CCCNC1(C(=O)OCC)CN2CCC1CC2. The molecule has 0 aromatic heterocycles. The van der Waals surface area contributed by atoms with Crippen LogP contribution in [-0.2, 0) is 9.53 Å². The quantitative estimate of drug-likeness (QED) is 0.728. The molecule has 1 unspecified atom stereocenters. The Morgan fingerprint density at radius 1 is 1.41 bits per heavy atom. The van der Waals surface area contributed by atoms with Crippen molar-refractivity contribution < 1.29 is 9.53 Å². The summed E-state index contributed by atoms with van der Waals surface area (Å²) in [6, 6.07) is 0. The van der Waals surface area contributed by atoms with Gasteiger partial charge in [-0.05, 0) is 51.7 Å². The average Bonchev–Trinajstić information content (AvgIpc) is 2.38. The Labute approximate surface area is 104 Å². The molecule has 0 saturated carbocycles. The first kappa shape index (κ1) is 12.8. The van der Waals surface area contributed by atoms with Crippen LogP contribution >= 0.6 is 0 Å². The van der Waals surface area contributed by atoms with Crippen molar-refractivity contribution in [2.45, 2.75) is 38.6 Å². The molecule has 0 aromatic rings. The molecule has 3 heterocycles. The topological polar surface area (TPSA) is 41.6 Å². The third-order valence-electron chi connectivity index (χ3n) is 4.09. The molecule has 4 heteroatoms. The van der Waals surface area contributed by atoms with Gasteiger partial charge in [-0.2, -0.15) is 0 Å². The maximum absolute atomic E-state index is 12.3. The van der Waals surface area contributed by atoms with Gasteiger partial charge in [0.15, 0.2) is 0 Å². The number of fused-ring (bicyclic) bond motifs is 3. The summed E-state index contributed by atoms with van der Waals surface area (Å²) in [6.45, 7) is 8.49. The van der Waals surface area contributed by atoms with Gasteiger partial charge in [0.25, 0.3) is 0 Å². The van der Waals surface area contributed by atoms with E-state index in [2.05, 4.69) is 17.1 Å². The molecule has 0 spiro atoms.